The summed E-state index contributed by atoms with van der Waals surface area (Å²) >= 11 is 0. The molecular weight excluding hydrogens is 272 g/mol. The maximum atomic E-state index is 5.80. The van der Waals surface area contributed by atoms with Crippen molar-refractivity contribution in [2.45, 2.75) is 46.0 Å². The molecule has 0 bridgehead atoms. The fraction of sp³-hybridized carbons (Fsp3) is 0.400. The van der Waals surface area contributed by atoms with Crippen LogP contribution in [0, 0.1) is 6.92 Å². The van der Waals surface area contributed by atoms with E-state index in [1.165, 1.54) is 31.2 Å². The molecule has 2 aromatic carbocycles. The lowest BCUT2D eigenvalue weighted by atomic mass is 10.2. The Morgan fingerprint density at radius 3 is 1.86 bits per heavy atom. The van der Waals surface area contributed by atoms with Crippen LogP contribution in [0.25, 0.3) is 0 Å². The highest BCUT2D eigenvalue weighted by molar-refractivity contribution is 5.36. The van der Waals surface area contributed by atoms with Gasteiger partial charge in [-0.25, -0.2) is 0 Å². The van der Waals surface area contributed by atoms with Crippen LogP contribution in [0.2, 0.25) is 0 Å². The molecule has 0 unspecified atom stereocenters. The average molecular weight is 298 g/mol. The largest absolute Gasteiger partial charge is 0.494 e. The second kappa shape index (κ2) is 9.14. The number of aryl methyl sites for hydroxylation is 1. The summed E-state index contributed by atoms with van der Waals surface area (Å²) in [4.78, 5) is 0. The number of hydrogen-bond acceptors (Lipinski definition) is 2. The third kappa shape index (κ3) is 5.80. The molecule has 0 amide bonds. The van der Waals surface area contributed by atoms with Gasteiger partial charge in [-0.05, 0) is 49.7 Å². The van der Waals surface area contributed by atoms with E-state index >= 15 is 0 Å². The van der Waals surface area contributed by atoms with Crippen molar-refractivity contribution in [3.8, 4) is 17.2 Å². The van der Waals surface area contributed by atoms with Gasteiger partial charge in [0, 0.05) is 0 Å². The van der Waals surface area contributed by atoms with E-state index < -0.39 is 0 Å². The summed E-state index contributed by atoms with van der Waals surface area (Å²) in [5, 5.41) is 0. The fourth-order valence-electron chi connectivity index (χ4n) is 2.24. The van der Waals surface area contributed by atoms with Crippen molar-refractivity contribution in [3.63, 3.8) is 0 Å². The van der Waals surface area contributed by atoms with Gasteiger partial charge in [0.2, 0.25) is 0 Å². The molecule has 0 fully saturated rings. The smallest absolute Gasteiger partial charge is 0.127 e. The fourth-order valence-corrected chi connectivity index (χ4v) is 2.24. The minimum absolute atomic E-state index is 0.794. The van der Waals surface area contributed by atoms with E-state index in [1.807, 2.05) is 48.5 Å². The SMILES string of the molecule is CCCCCCCOc1ccc(Oc2ccc(C)cc2)cc1. The summed E-state index contributed by atoms with van der Waals surface area (Å²) in [6.07, 6.45) is 6.29. The molecule has 0 N–H and O–H groups in total. The topological polar surface area (TPSA) is 18.5 Å². The molecule has 0 radical (unpaired) electrons. The van der Waals surface area contributed by atoms with E-state index in [4.69, 9.17) is 9.47 Å². The summed E-state index contributed by atoms with van der Waals surface area (Å²) < 4.78 is 11.6. The summed E-state index contributed by atoms with van der Waals surface area (Å²) in [6.45, 7) is 5.09. The zero-order valence-electron chi connectivity index (χ0n) is 13.7. The Bertz CT molecular complexity index is 529. The molecule has 0 spiro atoms. The molecule has 2 rings (SSSR count). The molecule has 2 heteroatoms. The van der Waals surface area contributed by atoms with Crippen molar-refractivity contribution < 1.29 is 9.47 Å². The van der Waals surface area contributed by atoms with Crippen molar-refractivity contribution in [3.05, 3.63) is 54.1 Å². The summed E-state index contributed by atoms with van der Waals surface area (Å²) in [7, 11) is 0. The standard InChI is InChI=1S/C20H26O2/c1-3-4-5-6-7-16-21-18-12-14-20(15-13-18)22-19-10-8-17(2)9-11-19/h8-15H,3-7,16H2,1-2H3. The zero-order chi connectivity index (χ0) is 15.6. The Morgan fingerprint density at radius 2 is 1.23 bits per heavy atom. The molecule has 0 atom stereocenters. The number of benzene rings is 2. The van der Waals surface area contributed by atoms with Crippen molar-refractivity contribution in [1.29, 1.82) is 0 Å². The van der Waals surface area contributed by atoms with E-state index in [9.17, 15) is 0 Å². The second-order valence-electron chi connectivity index (χ2n) is 5.65. The highest BCUT2D eigenvalue weighted by Gasteiger charge is 1.99. The first-order valence-electron chi connectivity index (χ1n) is 8.25. The summed E-state index contributed by atoms with van der Waals surface area (Å²) in [5.41, 5.74) is 1.23. The van der Waals surface area contributed by atoms with Gasteiger partial charge in [-0.15, -0.1) is 0 Å². The molecule has 0 aliphatic carbocycles. The monoisotopic (exact) mass is 298 g/mol. The summed E-state index contributed by atoms with van der Waals surface area (Å²) in [6, 6.07) is 15.9. The predicted octanol–water partition coefficient (Wildman–Crippen LogP) is 6.14. The van der Waals surface area contributed by atoms with E-state index in [1.54, 1.807) is 0 Å². The van der Waals surface area contributed by atoms with E-state index in [0.29, 0.717) is 0 Å². The van der Waals surface area contributed by atoms with Crippen LogP contribution in [0.5, 0.6) is 17.2 Å². The van der Waals surface area contributed by atoms with Crippen LogP contribution in [0.1, 0.15) is 44.6 Å². The van der Waals surface area contributed by atoms with Gasteiger partial charge in [0.05, 0.1) is 6.61 Å². The van der Waals surface area contributed by atoms with Crippen LogP contribution in [-0.2, 0) is 0 Å². The lowest BCUT2D eigenvalue weighted by Gasteiger charge is -2.08. The number of unbranched alkanes of at least 4 members (excludes halogenated alkanes) is 4. The Kier molecular flexibility index (Phi) is 6.82. The minimum Gasteiger partial charge on any atom is -0.494 e. The highest BCUT2D eigenvalue weighted by atomic mass is 16.5. The molecule has 0 heterocycles. The Balaban J connectivity index is 1.74. The number of ether oxygens (including phenoxy) is 2. The van der Waals surface area contributed by atoms with Crippen molar-refractivity contribution in [2.75, 3.05) is 6.61 Å². The van der Waals surface area contributed by atoms with Gasteiger partial charge in [0.1, 0.15) is 17.2 Å². The molecule has 22 heavy (non-hydrogen) atoms. The molecule has 0 saturated carbocycles. The van der Waals surface area contributed by atoms with Gasteiger partial charge in [0.25, 0.3) is 0 Å². The third-order valence-corrected chi connectivity index (χ3v) is 3.60. The van der Waals surface area contributed by atoms with E-state index in [2.05, 4.69) is 13.8 Å². The normalized spacial score (nSPS) is 10.5. The average Bonchev–Trinajstić information content (AvgIpc) is 2.54. The lowest BCUT2D eigenvalue weighted by Crippen LogP contribution is -1.97. The minimum atomic E-state index is 0.794. The first kappa shape index (κ1) is 16.4. The van der Waals surface area contributed by atoms with Crippen molar-refractivity contribution in [2.24, 2.45) is 0 Å². The van der Waals surface area contributed by atoms with E-state index in [-0.39, 0.29) is 0 Å². The van der Waals surface area contributed by atoms with Gasteiger partial charge in [-0.2, -0.15) is 0 Å². The Hall–Kier alpha value is -1.96. The maximum Gasteiger partial charge on any atom is 0.127 e. The molecule has 118 valence electrons. The maximum absolute atomic E-state index is 5.80. The quantitative estimate of drug-likeness (QED) is 0.518. The van der Waals surface area contributed by atoms with Gasteiger partial charge in [-0.1, -0.05) is 50.3 Å². The van der Waals surface area contributed by atoms with Gasteiger partial charge < -0.3 is 9.47 Å². The Labute approximate surface area is 134 Å². The number of hydrogen-bond donors (Lipinski definition) is 0. The molecule has 2 aromatic rings. The summed E-state index contributed by atoms with van der Waals surface area (Å²) in [5.74, 6) is 2.60. The van der Waals surface area contributed by atoms with Crippen LogP contribution >= 0.6 is 0 Å². The van der Waals surface area contributed by atoms with Crippen molar-refractivity contribution in [1.82, 2.24) is 0 Å². The Morgan fingerprint density at radius 1 is 0.682 bits per heavy atom. The third-order valence-electron chi connectivity index (χ3n) is 3.60. The van der Waals surface area contributed by atoms with Crippen LogP contribution in [-0.4, -0.2) is 6.61 Å². The van der Waals surface area contributed by atoms with Gasteiger partial charge in [-0.3, -0.25) is 0 Å². The van der Waals surface area contributed by atoms with E-state index in [0.717, 1.165) is 30.3 Å². The van der Waals surface area contributed by atoms with Crippen LogP contribution in [0.3, 0.4) is 0 Å². The van der Waals surface area contributed by atoms with Crippen molar-refractivity contribution >= 4 is 0 Å². The van der Waals surface area contributed by atoms with Crippen LogP contribution in [0.4, 0.5) is 0 Å². The molecule has 0 saturated heterocycles. The van der Waals surface area contributed by atoms with Crippen LogP contribution in [0.15, 0.2) is 48.5 Å². The van der Waals surface area contributed by atoms with Crippen LogP contribution < -0.4 is 9.47 Å². The lowest BCUT2D eigenvalue weighted by molar-refractivity contribution is 0.304. The number of rotatable bonds is 9. The highest BCUT2D eigenvalue weighted by Crippen LogP contribution is 2.24. The molecule has 2 nitrogen and oxygen atoms in total. The van der Waals surface area contributed by atoms with Gasteiger partial charge >= 0.3 is 0 Å². The molecule has 0 aliphatic heterocycles. The predicted molar refractivity (Wildman–Crippen MR) is 91.9 cm³/mol. The molecular formula is C20H26O2. The molecule has 0 aliphatic rings. The first-order chi connectivity index (χ1) is 10.8. The zero-order valence-corrected chi connectivity index (χ0v) is 13.7. The van der Waals surface area contributed by atoms with Gasteiger partial charge in [0.15, 0.2) is 0 Å². The second-order valence-corrected chi connectivity index (χ2v) is 5.65. The molecule has 0 aromatic heterocycles. The first-order valence-corrected chi connectivity index (χ1v) is 8.25.